The fourth-order valence-corrected chi connectivity index (χ4v) is 3.61. The Balaban J connectivity index is 2.40. The third kappa shape index (κ3) is 4.07. The number of rotatable bonds is 7. The molecule has 0 unspecified atom stereocenters. The molecule has 0 saturated carbocycles. The van der Waals surface area contributed by atoms with Crippen LogP contribution in [0.2, 0.25) is 0 Å². The number of carbonyl (C=O) groups excluding carboxylic acids is 2. The van der Waals surface area contributed by atoms with Gasteiger partial charge >= 0.3 is 5.97 Å². The average Bonchev–Trinajstić information content (AvgIpc) is 2.88. The number of thiophene rings is 1. The van der Waals surface area contributed by atoms with Gasteiger partial charge in [-0.25, -0.2) is 9.78 Å². The van der Waals surface area contributed by atoms with Crippen molar-refractivity contribution in [3.8, 4) is 0 Å². The van der Waals surface area contributed by atoms with Crippen molar-refractivity contribution in [2.24, 2.45) is 0 Å². The summed E-state index contributed by atoms with van der Waals surface area (Å²) in [5.41, 5.74) is 0.244. The summed E-state index contributed by atoms with van der Waals surface area (Å²) >= 11 is 1.15. The predicted octanol–water partition coefficient (Wildman–Crippen LogP) is 2.17. The van der Waals surface area contributed by atoms with Gasteiger partial charge in [-0.05, 0) is 32.8 Å². The van der Waals surface area contributed by atoms with Crippen LogP contribution in [0.3, 0.4) is 0 Å². The fourth-order valence-electron chi connectivity index (χ4n) is 2.50. The number of esters is 1. The Labute approximate surface area is 150 Å². The largest absolute Gasteiger partial charge is 0.462 e. The van der Waals surface area contributed by atoms with Gasteiger partial charge in [0.25, 0.3) is 5.56 Å². The Bertz CT molecular complexity index is 854. The molecule has 0 bridgehead atoms. The molecule has 0 spiro atoms. The number of carbonyl (C=O) groups is 2. The van der Waals surface area contributed by atoms with Gasteiger partial charge in [0.2, 0.25) is 5.91 Å². The maximum Gasteiger partial charge on any atom is 0.348 e. The van der Waals surface area contributed by atoms with Gasteiger partial charge in [0.15, 0.2) is 0 Å². The lowest BCUT2D eigenvalue weighted by atomic mass is 10.2. The van der Waals surface area contributed by atoms with E-state index in [0.29, 0.717) is 33.0 Å². The molecule has 0 aromatic carbocycles. The first-order valence-corrected chi connectivity index (χ1v) is 9.16. The molecule has 2 rings (SSSR count). The monoisotopic (exact) mass is 365 g/mol. The average molecular weight is 365 g/mol. The first-order chi connectivity index (χ1) is 11.9. The second-order valence-electron chi connectivity index (χ2n) is 5.71. The van der Waals surface area contributed by atoms with Crippen LogP contribution in [0.4, 0.5) is 0 Å². The highest BCUT2D eigenvalue weighted by Gasteiger charge is 2.22. The molecule has 8 heteroatoms. The summed E-state index contributed by atoms with van der Waals surface area (Å²) in [6.45, 7) is 7.92. The number of nitrogens with one attached hydrogen (secondary N) is 1. The minimum atomic E-state index is -0.455. The molecule has 1 amide bonds. The van der Waals surface area contributed by atoms with Crippen molar-refractivity contribution >= 4 is 33.4 Å². The van der Waals surface area contributed by atoms with Gasteiger partial charge < -0.3 is 10.1 Å². The van der Waals surface area contributed by atoms with E-state index in [-0.39, 0.29) is 24.6 Å². The van der Waals surface area contributed by atoms with E-state index in [1.165, 1.54) is 4.57 Å². The molecule has 0 aliphatic heterocycles. The maximum atomic E-state index is 12.8. The number of hydrogen-bond acceptors (Lipinski definition) is 6. The molecule has 25 heavy (non-hydrogen) atoms. The number of aromatic nitrogens is 2. The van der Waals surface area contributed by atoms with Crippen LogP contribution in [0, 0.1) is 13.8 Å². The van der Waals surface area contributed by atoms with E-state index in [9.17, 15) is 14.4 Å². The van der Waals surface area contributed by atoms with Gasteiger partial charge in [-0.1, -0.05) is 13.3 Å². The second kappa shape index (κ2) is 8.24. The fraction of sp³-hybridized carbons (Fsp3) is 0.529. The summed E-state index contributed by atoms with van der Waals surface area (Å²) in [5.74, 6) is -0.234. The minimum Gasteiger partial charge on any atom is -0.462 e. The lowest BCUT2D eigenvalue weighted by molar-refractivity contribution is -0.121. The summed E-state index contributed by atoms with van der Waals surface area (Å²) in [4.78, 5) is 42.2. The maximum absolute atomic E-state index is 12.8. The van der Waals surface area contributed by atoms with Gasteiger partial charge in [0, 0.05) is 6.54 Å². The zero-order chi connectivity index (χ0) is 18.6. The van der Waals surface area contributed by atoms with E-state index in [2.05, 4.69) is 10.3 Å². The van der Waals surface area contributed by atoms with Gasteiger partial charge in [-0.2, -0.15) is 0 Å². The molecule has 2 aromatic heterocycles. The molecule has 0 saturated heterocycles. The smallest absolute Gasteiger partial charge is 0.348 e. The van der Waals surface area contributed by atoms with Crippen LogP contribution in [0.25, 0.3) is 10.2 Å². The topological polar surface area (TPSA) is 90.3 Å². The molecule has 2 heterocycles. The Kier molecular flexibility index (Phi) is 6.30. The Morgan fingerprint density at radius 1 is 1.28 bits per heavy atom. The van der Waals surface area contributed by atoms with Crippen molar-refractivity contribution in [2.75, 3.05) is 13.2 Å². The Morgan fingerprint density at radius 2 is 2.00 bits per heavy atom. The van der Waals surface area contributed by atoms with E-state index >= 15 is 0 Å². The molecular weight excluding hydrogens is 342 g/mol. The highest BCUT2D eigenvalue weighted by Crippen LogP contribution is 2.28. The van der Waals surface area contributed by atoms with Crippen molar-refractivity contribution in [3.05, 3.63) is 26.6 Å². The molecular formula is C17H23N3O4S. The number of unbranched alkanes of at least 4 members (excludes halogenated alkanes) is 1. The highest BCUT2D eigenvalue weighted by atomic mass is 32.1. The number of aryl methyl sites for hydroxylation is 2. The van der Waals surface area contributed by atoms with Gasteiger partial charge in [0.1, 0.15) is 22.1 Å². The van der Waals surface area contributed by atoms with Crippen molar-refractivity contribution in [2.45, 2.75) is 47.1 Å². The standard InChI is InChI=1S/C17H23N3O4S/c1-5-7-8-18-12(21)9-20-11(4)19-15-13(16(20)22)10(3)14(25-15)17(23)24-6-2/h5-9H2,1-4H3,(H,18,21). The zero-order valence-corrected chi connectivity index (χ0v) is 15.8. The van der Waals surface area contributed by atoms with Crippen LogP contribution in [-0.2, 0) is 16.1 Å². The highest BCUT2D eigenvalue weighted by molar-refractivity contribution is 7.20. The molecule has 7 nitrogen and oxygen atoms in total. The number of ether oxygens (including phenoxy) is 1. The SMILES string of the molecule is CCCCNC(=O)Cn1c(C)nc2sc(C(=O)OCC)c(C)c2c1=O. The number of amides is 1. The Morgan fingerprint density at radius 3 is 2.64 bits per heavy atom. The third-order valence-electron chi connectivity index (χ3n) is 3.86. The molecule has 0 atom stereocenters. The van der Waals surface area contributed by atoms with Crippen molar-refractivity contribution in [1.82, 2.24) is 14.9 Å². The molecule has 136 valence electrons. The quantitative estimate of drug-likeness (QED) is 0.600. The van der Waals surface area contributed by atoms with Gasteiger partial charge in [-0.3, -0.25) is 14.2 Å². The molecule has 0 fully saturated rings. The van der Waals surface area contributed by atoms with E-state index in [4.69, 9.17) is 4.74 Å². The predicted molar refractivity (Wildman–Crippen MR) is 97.2 cm³/mol. The normalized spacial score (nSPS) is 10.9. The lowest BCUT2D eigenvalue weighted by Gasteiger charge is -2.10. The second-order valence-corrected chi connectivity index (χ2v) is 6.71. The first kappa shape index (κ1) is 19.1. The van der Waals surface area contributed by atoms with Crippen molar-refractivity contribution in [1.29, 1.82) is 0 Å². The third-order valence-corrected chi connectivity index (χ3v) is 5.02. The lowest BCUT2D eigenvalue weighted by Crippen LogP contribution is -2.34. The zero-order valence-electron chi connectivity index (χ0n) is 15.0. The summed E-state index contributed by atoms with van der Waals surface area (Å²) in [7, 11) is 0. The molecule has 0 radical (unpaired) electrons. The summed E-state index contributed by atoms with van der Waals surface area (Å²) in [6.07, 6.45) is 1.88. The number of nitrogens with zero attached hydrogens (tertiary/aromatic N) is 2. The van der Waals surface area contributed by atoms with Crippen LogP contribution in [-0.4, -0.2) is 34.6 Å². The van der Waals surface area contributed by atoms with Crippen LogP contribution in [0.1, 0.15) is 47.7 Å². The van der Waals surface area contributed by atoms with Crippen molar-refractivity contribution < 1.29 is 14.3 Å². The molecule has 0 aliphatic carbocycles. The first-order valence-electron chi connectivity index (χ1n) is 8.35. The summed E-state index contributed by atoms with van der Waals surface area (Å²) in [6, 6.07) is 0. The minimum absolute atomic E-state index is 0.0820. The van der Waals surface area contributed by atoms with E-state index < -0.39 is 5.97 Å². The van der Waals surface area contributed by atoms with E-state index in [0.717, 1.165) is 24.2 Å². The molecule has 1 N–H and O–H groups in total. The van der Waals surface area contributed by atoms with Crippen LogP contribution in [0.15, 0.2) is 4.79 Å². The number of fused-ring (bicyclic) bond motifs is 1. The molecule has 0 aliphatic rings. The van der Waals surface area contributed by atoms with Crippen LogP contribution >= 0.6 is 11.3 Å². The van der Waals surface area contributed by atoms with Gasteiger partial charge in [-0.15, -0.1) is 11.3 Å². The summed E-state index contributed by atoms with van der Waals surface area (Å²) in [5, 5.41) is 3.17. The summed E-state index contributed by atoms with van der Waals surface area (Å²) < 4.78 is 6.37. The van der Waals surface area contributed by atoms with E-state index in [1.54, 1.807) is 20.8 Å². The Hall–Kier alpha value is -2.22. The molecule has 2 aromatic rings. The van der Waals surface area contributed by atoms with Crippen molar-refractivity contribution in [3.63, 3.8) is 0 Å². The number of hydrogen-bond donors (Lipinski definition) is 1. The van der Waals surface area contributed by atoms with Crippen LogP contribution < -0.4 is 10.9 Å². The van der Waals surface area contributed by atoms with E-state index in [1.807, 2.05) is 6.92 Å². The van der Waals surface area contributed by atoms with Gasteiger partial charge in [0.05, 0.1) is 12.0 Å². The van der Waals surface area contributed by atoms with Crippen LogP contribution in [0.5, 0.6) is 0 Å².